The zero-order valence-electron chi connectivity index (χ0n) is 20.4. The van der Waals surface area contributed by atoms with Gasteiger partial charge in [0.05, 0.1) is 0 Å². The Morgan fingerprint density at radius 1 is 0.943 bits per heavy atom. The van der Waals surface area contributed by atoms with Crippen LogP contribution in [0.1, 0.15) is 55.7 Å². The summed E-state index contributed by atoms with van der Waals surface area (Å²) in [6, 6.07) is 26.4. The van der Waals surface area contributed by atoms with E-state index < -0.39 is 5.97 Å². The number of nitrogens with zero attached hydrogens (tertiary/aromatic N) is 1. The first-order chi connectivity index (χ1) is 16.1. The smallest absolute Gasteiger partial charge is 0.303 e. The first kappa shape index (κ1) is 29.1. The number of unbranched alkanes of at least 4 members (excludes halogenated alkanes) is 2. The number of rotatable bonds is 11. The Bertz CT molecular complexity index is 1040. The lowest BCUT2D eigenvalue weighted by Gasteiger charge is -2.23. The van der Waals surface area contributed by atoms with Crippen LogP contribution in [0.4, 0.5) is 0 Å². The first-order valence-electron chi connectivity index (χ1n) is 12.3. The third-order valence-corrected chi connectivity index (χ3v) is 7.09. The molecule has 1 fully saturated rings. The summed E-state index contributed by atoms with van der Waals surface area (Å²) in [6.45, 7) is 6.48. The summed E-state index contributed by atoms with van der Waals surface area (Å²) >= 11 is 0. The van der Waals surface area contributed by atoms with Crippen molar-refractivity contribution in [2.75, 3.05) is 26.2 Å². The van der Waals surface area contributed by atoms with E-state index in [2.05, 4.69) is 89.9 Å². The van der Waals surface area contributed by atoms with Crippen LogP contribution < -0.4 is 5.32 Å². The van der Waals surface area contributed by atoms with Crippen LogP contribution in [0.25, 0.3) is 10.8 Å². The van der Waals surface area contributed by atoms with Crippen molar-refractivity contribution < 1.29 is 9.90 Å². The Kier molecular flexibility index (Phi) is 12.0. The highest BCUT2D eigenvalue weighted by atomic mass is 35.5. The third kappa shape index (κ3) is 7.94. The molecule has 2 N–H and O–H groups in total. The minimum absolute atomic E-state index is 0. The van der Waals surface area contributed by atoms with Crippen molar-refractivity contribution in [1.82, 2.24) is 10.2 Å². The van der Waals surface area contributed by atoms with Gasteiger partial charge in [-0.05, 0) is 54.1 Å². The van der Waals surface area contributed by atoms with E-state index in [1.807, 2.05) is 0 Å². The fourth-order valence-corrected chi connectivity index (χ4v) is 5.28. The molecule has 0 radical (unpaired) electrons. The van der Waals surface area contributed by atoms with E-state index in [4.69, 9.17) is 5.11 Å². The largest absolute Gasteiger partial charge is 0.481 e. The number of hydrogen-bond donors (Lipinski definition) is 2. The highest BCUT2D eigenvalue weighted by Gasteiger charge is 2.33. The number of likely N-dealkylation sites (tertiary alicyclic amines) is 1. The Hall–Kier alpha value is -2.11. The van der Waals surface area contributed by atoms with E-state index in [-0.39, 0.29) is 37.3 Å². The summed E-state index contributed by atoms with van der Waals surface area (Å²) in [4.78, 5) is 13.3. The molecule has 190 valence electrons. The number of hydrogen-bond acceptors (Lipinski definition) is 3. The molecule has 0 aromatic heterocycles. The molecule has 0 unspecified atom stereocenters. The molecule has 3 atom stereocenters. The van der Waals surface area contributed by atoms with Crippen LogP contribution in [-0.2, 0) is 4.79 Å². The molecule has 3 aromatic carbocycles. The Morgan fingerprint density at radius 3 is 2.43 bits per heavy atom. The molecule has 0 bridgehead atoms. The quantitative estimate of drug-likeness (QED) is 0.278. The fraction of sp³-hybridized carbons (Fsp3) is 0.414. The van der Waals surface area contributed by atoms with Gasteiger partial charge in [0.1, 0.15) is 0 Å². The van der Waals surface area contributed by atoms with Gasteiger partial charge < -0.3 is 15.3 Å². The van der Waals surface area contributed by atoms with Gasteiger partial charge in [0.2, 0.25) is 0 Å². The van der Waals surface area contributed by atoms with Crippen LogP contribution >= 0.6 is 24.8 Å². The van der Waals surface area contributed by atoms with Gasteiger partial charge in [-0.25, -0.2) is 0 Å². The van der Waals surface area contributed by atoms with Gasteiger partial charge in [-0.2, -0.15) is 0 Å². The fourth-order valence-electron chi connectivity index (χ4n) is 5.28. The van der Waals surface area contributed by atoms with Crippen LogP contribution in [0.3, 0.4) is 0 Å². The van der Waals surface area contributed by atoms with Gasteiger partial charge in [-0.3, -0.25) is 4.79 Å². The molecule has 35 heavy (non-hydrogen) atoms. The normalized spacial score (nSPS) is 18.5. The summed E-state index contributed by atoms with van der Waals surface area (Å²) < 4.78 is 0. The maximum atomic E-state index is 10.7. The molecular weight excluding hydrogens is 479 g/mol. The van der Waals surface area contributed by atoms with Crippen molar-refractivity contribution in [3.05, 3.63) is 83.9 Å². The molecule has 0 aliphatic carbocycles. The molecule has 0 saturated carbocycles. The molecule has 6 heteroatoms. The van der Waals surface area contributed by atoms with Gasteiger partial charge in [0.25, 0.3) is 0 Å². The minimum Gasteiger partial charge on any atom is -0.481 e. The molecule has 4 rings (SSSR count). The molecule has 0 amide bonds. The number of carboxylic acids is 1. The van der Waals surface area contributed by atoms with Gasteiger partial charge in [-0.1, -0.05) is 79.2 Å². The summed E-state index contributed by atoms with van der Waals surface area (Å²) in [5.41, 5.74) is 2.79. The Morgan fingerprint density at radius 2 is 1.66 bits per heavy atom. The lowest BCUT2D eigenvalue weighted by molar-refractivity contribution is -0.137. The predicted octanol–water partition coefficient (Wildman–Crippen LogP) is 6.69. The van der Waals surface area contributed by atoms with Crippen LogP contribution in [-0.4, -0.2) is 42.2 Å². The van der Waals surface area contributed by atoms with Crippen molar-refractivity contribution in [3.63, 3.8) is 0 Å². The van der Waals surface area contributed by atoms with E-state index in [1.165, 1.54) is 21.9 Å². The van der Waals surface area contributed by atoms with Crippen molar-refractivity contribution in [2.24, 2.45) is 5.92 Å². The average molecular weight is 518 g/mol. The zero-order chi connectivity index (χ0) is 23.0. The standard InChI is InChI=1S/C29H36N2O2.2ClH/c1-22(26-16-10-14-23-13-7-8-15-27(23)26)30-19-25-20-31(18-9-3-6-17-29(32)33)21-28(25)24-11-4-2-5-12-24;;/h2,4-5,7-8,10-16,22,25,28,30H,3,6,9,17-21H2,1H3,(H,32,33);2*1H/t22-,25-,28-;;/m1../s1. The van der Waals surface area contributed by atoms with Crippen LogP contribution in [0.2, 0.25) is 0 Å². The molecule has 1 saturated heterocycles. The van der Waals surface area contributed by atoms with Crippen LogP contribution in [0, 0.1) is 5.92 Å². The lowest BCUT2D eigenvalue weighted by atomic mass is 9.88. The second-order valence-corrected chi connectivity index (χ2v) is 9.44. The number of fused-ring (bicyclic) bond motifs is 1. The number of benzene rings is 3. The van der Waals surface area contributed by atoms with Crippen molar-refractivity contribution in [2.45, 2.75) is 44.6 Å². The van der Waals surface area contributed by atoms with Crippen LogP contribution in [0.5, 0.6) is 0 Å². The van der Waals surface area contributed by atoms with Gasteiger partial charge >= 0.3 is 5.97 Å². The summed E-state index contributed by atoms with van der Waals surface area (Å²) in [5.74, 6) is 0.396. The molecule has 4 nitrogen and oxygen atoms in total. The van der Waals surface area contributed by atoms with Gasteiger partial charge in [-0.15, -0.1) is 24.8 Å². The highest BCUT2D eigenvalue weighted by molar-refractivity contribution is 5.86. The summed E-state index contributed by atoms with van der Waals surface area (Å²) in [5, 5.41) is 15.3. The maximum absolute atomic E-state index is 10.7. The predicted molar refractivity (Wildman–Crippen MR) is 150 cm³/mol. The highest BCUT2D eigenvalue weighted by Crippen LogP contribution is 2.33. The molecule has 1 aliphatic heterocycles. The Labute approximate surface area is 221 Å². The molecular formula is C29H38Cl2N2O2. The average Bonchev–Trinajstić information content (AvgIpc) is 3.25. The third-order valence-electron chi connectivity index (χ3n) is 7.09. The zero-order valence-corrected chi connectivity index (χ0v) is 22.1. The molecule has 1 heterocycles. The van der Waals surface area contributed by atoms with Crippen molar-refractivity contribution in [1.29, 1.82) is 0 Å². The second kappa shape index (κ2) is 14.4. The maximum Gasteiger partial charge on any atom is 0.303 e. The van der Waals surface area contributed by atoms with Crippen LogP contribution in [0.15, 0.2) is 72.8 Å². The summed E-state index contributed by atoms with van der Waals surface area (Å²) in [6.07, 6.45) is 3.12. The topological polar surface area (TPSA) is 52.6 Å². The SMILES string of the molecule is C[C@@H](NC[C@@H]1CN(CCCCCC(=O)O)C[C@@H]1c1ccccc1)c1cccc2ccccc12.Cl.Cl. The number of nitrogens with one attached hydrogen (secondary N) is 1. The first-order valence-corrected chi connectivity index (χ1v) is 12.3. The van der Waals surface area contributed by atoms with E-state index in [1.54, 1.807) is 0 Å². The van der Waals surface area contributed by atoms with Gasteiger partial charge in [0.15, 0.2) is 0 Å². The van der Waals surface area contributed by atoms with E-state index in [0.29, 0.717) is 11.8 Å². The monoisotopic (exact) mass is 516 g/mol. The number of aliphatic carboxylic acids is 1. The minimum atomic E-state index is -0.688. The number of carbonyl (C=O) groups is 1. The van der Waals surface area contributed by atoms with Crippen molar-refractivity contribution >= 4 is 41.6 Å². The Balaban J connectivity index is 0.00000216. The summed E-state index contributed by atoms with van der Waals surface area (Å²) in [7, 11) is 0. The van der Waals surface area contributed by atoms with Crippen molar-refractivity contribution in [3.8, 4) is 0 Å². The lowest BCUT2D eigenvalue weighted by Crippen LogP contribution is -2.30. The molecule has 3 aromatic rings. The number of carboxylic acid groups (broad SMARTS) is 1. The number of halogens is 2. The second-order valence-electron chi connectivity index (χ2n) is 9.44. The molecule has 0 spiro atoms. The van der Waals surface area contributed by atoms with E-state index in [9.17, 15) is 4.79 Å². The molecule has 1 aliphatic rings. The van der Waals surface area contributed by atoms with E-state index in [0.717, 1.165) is 45.4 Å². The van der Waals surface area contributed by atoms with Gasteiger partial charge in [0, 0.05) is 38.0 Å². The van der Waals surface area contributed by atoms with E-state index >= 15 is 0 Å².